The average molecular weight is 441 g/mol. The van der Waals surface area contributed by atoms with Crippen molar-refractivity contribution in [3.05, 3.63) is 83.9 Å². The van der Waals surface area contributed by atoms with Gasteiger partial charge in [-0.3, -0.25) is 10.6 Å². The van der Waals surface area contributed by atoms with Crippen molar-refractivity contribution in [3.8, 4) is 0 Å². The van der Waals surface area contributed by atoms with Crippen LogP contribution in [0.3, 0.4) is 0 Å². The van der Waals surface area contributed by atoms with E-state index in [-0.39, 0.29) is 18.4 Å². The lowest BCUT2D eigenvalue weighted by Gasteiger charge is -2.21. The van der Waals surface area contributed by atoms with E-state index >= 15 is 0 Å². The normalized spacial score (nSPS) is 11.2. The lowest BCUT2D eigenvalue weighted by molar-refractivity contribution is -0.570. The van der Waals surface area contributed by atoms with Crippen LogP contribution in [0.2, 0.25) is 0 Å². The molecule has 0 saturated heterocycles. The molecule has 3 rings (SSSR count). The molecular formula is C24H29ClN4O2. The summed E-state index contributed by atoms with van der Waals surface area (Å²) in [5.41, 5.74) is 3.08. The number of carbonyl (C=O) groups excluding carboxylic acids is 1. The molecule has 3 aromatic rings. The molecule has 0 bridgehead atoms. The third-order valence-electron chi connectivity index (χ3n) is 4.64. The topological polar surface area (TPSA) is 79.9 Å². The van der Waals surface area contributed by atoms with Gasteiger partial charge in [-0.05, 0) is 43.5 Å². The van der Waals surface area contributed by atoms with Gasteiger partial charge in [-0.15, -0.1) is 0 Å². The summed E-state index contributed by atoms with van der Waals surface area (Å²) in [7, 11) is 0. The number of carbonyl (C=O) groups is 1. The van der Waals surface area contributed by atoms with Gasteiger partial charge in [0.25, 0.3) is 0 Å². The fourth-order valence-corrected chi connectivity index (χ4v) is 3.25. The van der Waals surface area contributed by atoms with Crippen molar-refractivity contribution >= 4 is 23.4 Å². The third-order valence-corrected chi connectivity index (χ3v) is 4.64. The molecule has 1 unspecified atom stereocenters. The smallest absolute Gasteiger partial charge is 0.411 e. The van der Waals surface area contributed by atoms with Gasteiger partial charge in [-0.25, -0.2) is 4.79 Å². The number of nitrogens with two attached hydrogens (primary N) is 1. The zero-order chi connectivity index (χ0) is 21.2. The van der Waals surface area contributed by atoms with Crippen LogP contribution in [0.4, 0.5) is 22.1 Å². The quantitative estimate of drug-likeness (QED) is 0.468. The number of quaternary nitrogens is 1. The van der Waals surface area contributed by atoms with Crippen LogP contribution in [-0.2, 0) is 11.2 Å². The minimum Gasteiger partial charge on any atom is -1.00 e. The number of anilines is 2. The molecule has 0 aliphatic carbocycles. The van der Waals surface area contributed by atoms with E-state index in [1.807, 2.05) is 48.6 Å². The molecule has 4 N–H and O–H groups in total. The lowest BCUT2D eigenvalue weighted by atomic mass is 9.99. The van der Waals surface area contributed by atoms with Crippen molar-refractivity contribution in [2.24, 2.45) is 0 Å². The zero-order valence-electron chi connectivity index (χ0n) is 17.8. The summed E-state index contributed by atoms with van der Waals surface area (Å²) >= 11 is 0. The summed E-state index contributed by atoms with van der Waals surface area (Å²) in [4.78, 5) is 16.6. The Kier molecular flexibility index (Phi) is 9.81. The predicted molar refractivity (Wildman–Crippen MR) is 120 cm³/mol. The van der Waals surface area contributed by atoms with Gasteiger partial charge in [-0.1, -0.05) is 60.7 Å². The maximum absolute atomic E-state index is 11.8. The van der Waals surface area contributed by atoms with Gasteiger partial charge in [0.2, 0.25) is 5.82 Å². The zero-order valence-corrected chi connectivity index (χ0v) is 18.6. The Hall–Kier alpha value is -3.09. The van der Waals surface area contributed by atoms with E-state index in [2.05, 4.69) is 47.0 Å². The highest BCUT2D eigenvalue weighted by Gasteiger charge is 2.16. The Balaban J connectivity index is 0.00000341. The number of nitrogens with one attached hydrogen (secondary N) is 2. The maximum Gasteiger partial charge on any atom is 0.411 e. The van der Waals surface area contributed by atoms with Gasteiger partial charge in [0.15, 0.2) is 0 Å². The molecule has 0 saturated carbocycles. The van der Waals surface area contributed by atoms with Gasteiger partial charge < -0.3 is 22.5 Å². The summed E-state index contributed by atoms with van der Waals surface area (Å²) in [6, 6.07) is 24.6. The summed E-state index contributed by atoms with van der Waals surface area (Å²) < 4.78 is 4.99. The molecule has 164 valence electrons. The SMILES string of the molecule is CC[NH2+]c1nc(NC(Cc2ccccc2)c2ccccc2)ccc1NC(=O)OCC.[Cl-]. The molecule has 0 spiro atoms. The first kappa shape index (κ1) is 24.2. The Morgan fingerprint density at radius 2 is 1.68 bits per heavy atom. The number of pyridine rings is 1. The summed E-state index contributed by atoms with van der Waals surface area (Å²) in [6.45, 7) is 4.95. The van der Waals surface area contributed by atoms with Crippen LogP contribution in [0.1, 0.15) is 31.0 Å². The minimum absolute atomic E-state index is 0. The number of nitrogens with zero attached hydrogens (tertiary/aromatic N) is 1. The number of rotatable bonds is 9. The molecule has 0 aliphatic rings. The molecule has 0 radical (unpaired) electrons. The number of ether oxygens (including phenoxy) is 1. The van der Waals surface area contributed by atoms with Crippen LogP contribution in [0.5, 0.6) is 0 Å². The monoisotopic (exact) mass is 440 g/mol. The van der Waals surface area contributed by atoms with Crippen molar-refractivity contribution in [3.63, 3.8) is 0 Å². The minimum atomic E-state index is -0.475. The fraction of sp³-hybridized carbons (Fsp3) is 0.250. The van der Waals surface area contributed by atoms with Crippen molar-refractivity contribution in [1.82, 2.24) is 4.98 Å². The number of amides is 1. The summed E-state index contributed by atoms with van der Waals surface area (Å²) in [5, 5.41) is 8.33. The van der Waals surface area contributed by atoms with Crippen molar-refractivity contribution in [2.75, 3.05) is 23.8 Å². The number of halogens is 1. The Bertz CT molecular complexity index is 939. The van der Waals surface area contributed by atoms with E-state index < -0.39 is 6.09 Å². The Morgan fingerprint density at radius 1 is 1.00 bits per heavy atom. The number of hydrogen-bond donors (Lipinski definition) is 3. The second kappa shape index (κ2) is 12.6. The predicted octanol–water partition coefficient (Wildman–Crippen LogP) is 1.26. The first-order valence-electron chi connectivity index (χ1n) is 10.3. The number of hydrogen-bond acceptors (Lipinski definition) is 4. The van der Waals surface area contributed by atoms with Gasteiger partial charge in [0.1, 0.15) is 11.5 Å². The van der Waals surface area contributed by atoms with Crippen LogP contribution in [0.15, 0.2) is 72.8 Å². The van der Waals surface area contributed by atoms with Crippen LogP contribution in [0.25, 0.3) is 0 Å². The third kappa shape index (κ3) is 7.27. The first-order chi connectivity index (χ1) is 14.7. The van der Waals surface area contributed by atoms with E-state index in [0.717, 1.165) is 24.6 Å². The molecule has 1 heterocycles. The molecule has 2 aromatic carbocycles. The van der Waals surface area contributed by atoms with Gasteiger partial charge in [0.05, 0.1) is 19.2 Å². The van der Waals surface area contributed by atoms with Crippen LogP contribution in [-0.4, -0.2) is 24.2 Å². The fourth-order valence-electron chi connectivity index (χ4n) is 3.25. The molecule has 1 aromatic heterocycles. The molecule has 7 heteroatoms. The maximum atomic E-state index is 11.8. The van der Waals surface area contributed by atoms with Gasteiger partial charge in [0, 0.05) is 0 Å². The van der Waals surface area contributed by atoms with Crippen LogP contribution < -0.4 is 28.4 Å². The standard InChI is InChI=1S/C24H28N4O2.ClH/c1-3-25-23-20(27-24(29)30-4-2)15-16-22(28-23)26-21(19-13-9-6-10-14-19)17-18-11-7-5-8-12-18;/h5-16,21H,3-4,17H2,1-2H3,(H,27,29)(H2,25,26,28);1H. The molecule has 0 fully saturated rings. The highest BCUT2D eigenvalue weighted by atomic mass is 35.5. The van der Waals surface area contributed by atoms with Crippen molar-refractivity contribution < 1.29 is 27.3 Å². The van der Waals surface area contributed by atoms with Crippen LogP contribution >= 0.6 is 0 Å². The van der Waals surface area contributed by atoms with Gasteiger partial charge in [-0.2, -0.15) is 4.98 Å². The van der Waals surface area contributed by atoms with E-state index in [9.17, 15) is 4.79 Å². The van der Waals surface area contributed by atoms with E-state index in [1.165, 1.54) is 11.1 Å². The second-order valence-electron chi connectivity index (χ2n) is 6.88. The lowest BCUT2D eigenvalue weighted by Crippen LogP contribution is -3.00. The first-order valence-corrected chi connectivity index (χ1v) is 10.3. The molecule has 1 amide bonds. The van der Waals surface area contributed by atoms with E-state index in [4.69, 9.17) is 9.72 Å². The highest BCUT2D eigenvalue weighted by Crippen LogP contribution is 2.25. The van der Waals surface area contributed by atoms with E-state index in [1.54, 1.807) is 6.92 Å². The van der Waals surface area contributed by atoms with Crippen LogP contribution in [0, 0.1) is 0 Å². The average Bonchev–Trinajstić information content (AvgIpc) is 2.77. The van der Waals surface area contributed by atoms with E-state index in [0.29, 0.717) is 12.3 Å². The summed E-state index contributed by atoms with van der Waals surface area (Å²) in [6.07, 6.45) is 0.361. The van der Waals surface area contributed by atoms with Crippen molar-refractivity contribution in [2.45, 2.75) is 26.3 Å². The number of aromatic nitrogens is 1. The summed E-state index contributed by atoms with van der Waals surface area (Å²) in [5.74, 6) is 1.48. The second-order valence-corrected chi connectivity index (χ2v) is 6.88. The van der Waals surface area contributed by atoms with Crippen molar-refractivity contribution in [1.29, 1.82) is 0 Å². The Labute approximate surface area is 189 Å². The van der Waals surface area contributed by atoms with Gasteiger partial charge >= 0.3 is 6.09 Å². The largest absolute Gasteiger partial charge is 1.00 e. The Morgan fingerprint density at radius 3 is 2.32 bits per heavy atom. The molecule has 1 atom stereocenters. The molecule has 6 nitrogen and oxygen atoms in total. The molecular weight excluding hydrogens is 412 g/mol. The number of benzene rings is 2. The molecule has 31 heavy (non-hydrogen) atoms. The highest BCUT2D eigenvalue weighted by molar-refractivity contribution is 5.87. The molecule has 0 aliphatic heterocycles.